The number of phenolic OH excluding ortho intramolecular Hbond substituents is 1. The number of nitrogens with one attached hydrogen (secondary N) is 2. The highest BCUT2D eigenvalue weighted by Gasteiger charge is 2.16. The fraction of sp³-hybridized carbons (Fsp3) is 0. The Hall–Kier alpha value is -4.59. The number of halogens is 1. The van der Waals surface area contributed by atoms with Gasteiger partial charge in [0.2, 0.25) is 0 Å². The van der Waals surface area contributed by atoms with Crippen LogP contribution in [0, 0.1) is 5.82 Å². The molecule has 8 heteroatoms. The van der Waals surface area contributed by atoms with Gasteiger partial charge in [-0.25, -0.2) is 14.4 Å². The lowest BCUT2D eigenvalue weighted by Gasteiger charge is -2.04. The maximum absolute atomic E-state index is 13.9. The van der Waals surface area contributed by atoms with E-state index in [4.69, 9.17) is 4.98 Å². The van der Waals surface area contributed by atoms with E-state index in [-0.39, 0.29) is 5.75 Å². The van der Waals surface area contributed by atoms with Gasteiger partial charge < -0.3 is 10.1 Å². The molecule has 5 aromatic heterocycles. The molecule has 0 bridgehead atoms. The van der Waals surface area contributed by atoms with Crippen LogP contribution in [0.2, 0.25) is 0 Å². The van der Waals surface area contributed by atoms with E-state index >= 15 is 0 Å². The topological polar surface area (TPSA) is 103 Å². The number of hydrogen-bond acceptors (Lipinski definition) is 5. The molecule has 0 spiro atoms. The number of aromatic hydroxyl groups is 1. The summed E-state index contributed by atoms with van der Waals surface area (Å²) in [6.45, 7) is 0. The standard InChI is InChI=1S/C24H15FN6O/c25-15-9-14(10-16(32)11-15)17-5-8-27-24-18(17)12-21(29-24)23-22-20(30-31-23)2-1-19(28-22)13-3-6-26-7-4-13/h1-12,32H,(H,27,29)(H,30,31). The average molecular weight is 422 g/mol. The maximum atomic E-state index is 13.9. The van der Waals surface area contributed by atoms with Crippen molar-refractivity contribution >= 4 is 22.1 Å². The van der Waals surface area contributed by atoms with Crippen LogP contribution in [0.15, 0.2) is 73.2 Å². The molecular formula is C24H15FN6O. The molecule has 0 fully saturated rings. The molecule has 0 aliphatic rings. The monoisotopic (exact) mass is 422 g/mol. The Balaban J connectivity index is 1.52. The van der Waals surface area contributed by atoms with Gasteiger partial charge in [0.05, 0.1) is 16.9 Å². The van der Waals surface area contributed by atoms with E-state index in [9.17, 15) is 9.50 Å². The summed E-state index contributed by atoms with van der Waals surface area (Å²) in [4.78, 5) is 16.6. The van der Waals surface area contributed by atoms with E-state index in [1.54, 1.807) is 24.7 Å². The summed E-state index contributed by atoms with van der Waals surface area (Å²) in [5, 5.41) is 18.1. The van der Waals surface area contributed by atoms with Crippen LogP contribution in [0.25, 0.3) is 55.8 Å². The molecule has 0 aliphatic carbocycles. The van der Waals surface area contributed by atoms with Crippen molar-refractivity contribution in [2.45, 2.75) is 0 Å². The van der Waals surface area contributed by atoms with Crippen molar-refractivity contribution in [3.05, 3.63) is 79.0 Å². The second-order valence-electron chi connectivity index (χ2n) is 7.40. The molecule has 6 rings (SSSR count). The number of phenols is 1. The maximum Gasteiger partial charge on any atom is 0.138 e. The lowest BCUT2D eigenvalue weighted by Crippen LogP contribution is -1.86. The summed E-state index contributed by atoms with van der Waals surface area (Å²) in [6.07, 6.45) is 5.10. The van der Waals surface area contributed by atoms with Gasteiger partial charge in [-0.15, -0.1) is 0 Å². The Kier molecular flexibility index (Phi) is 3.97. The Labute approximate surface area is 180 Å². The summed E-state index contributed by atoms with van der Waals surface area (Å²) < 4.78 is 13.9. The fourth-order valence-electron chi connectivity index (χ4n) is 3.91. The first kappa shape index (κ1) is 18.2. The van der Waals surface area contributed by atoms with Gasteiger partial charge >= 0.3 is 0 Å². The second-order valence-corrected chi connectivity index (χ2v) is 7.40. The number of benzene rings is 1. The van der Waals surface area contributed by atoms with E-state index in [1.807, 2.05) is 30.3 Å². The van der Waals surface area contributed by atoms with E-state index in [0.717, 1.165) is 45.0 Å². The van der Waals surface area contributed by atoms with Crippen molar-refractivity contribution in [1.29, 1.82) is 0 Å². The normalized spacial score (nSPS) is 11.4. The first-order valence-electron chi connectivity index (χ1n) is 9.89. The quantitative estimate of drug-likeness (QED) is 0.369. The van der Waals surface area contributed by atoms with E-state index < -0.39 is 5.82 Å². The number of fused-ring (bicyclic) bond motifs is 2. The zero-order chi connectivity index (χ0) is 21.7. The molecule has 154 valence electrons. The van der Waals surface area contributed by atoms with Crippen LogP contribution >= 0.6 is 0 Å². The highest BCUT2D eigenvalue weighted by molar-refractivity contribution is 5.99. The lowest BCUT2D eigenvalue weighted by molar-refractivity contribution is 0.469. The predicted molar refractivity (Wildman–Crippen MR) is 119 cm³/mol. The molecule has 0 atom stereocenters. The third kappa shape index (κ3) is 2.97. The van der Waals surface area contributed by atoms with Gasteiger partial charge in [0, 0.05) is 35.6 Å². The van der Waals surface area contributed by atoms with Crippen LogP contribution in [0.4, 0.5) is 4.39 Å². The number of nitrogens with zero attached hydrogens (tertiary/aromatic N) is 4. The molecule has 3 N–H and O–H groups in total. The smallest absolute Gasteiger partial charge is 0.138 e. The number of aromatic amines is 2. The van der Waals surface area contributed by atoms with Crippen molar-refractivity contribution in [2.75, 3.05) is 0 Å². The molecule has 0 saturated carbocycles. The minimum absolute atomic E-state index is 0.133. The van der Waals surface area contributed by atoms with Crippen molar-refractivity contribution in [3.8, 4) is 39.5 Å². The third-order valence-electron chi connectivity index (χ3n) is 5.36. The highest BCUT2D eigenvalue weighted by atomic mass is 19.1. The minimum atomic E-state index is -0.508. The molecular weight excluding hydrogens is 407 g/mol. The first-order valence-corrected chi connectivity index (χ1v) is 9.89. The Bertz CT molecular complexity index is 1590. The molecule has 7 nitrogen and oxygen atoms in total. The van der Waals surface area contributed by atoms with Crippen molar-refractivity contribution in [2.24, 2.45) is 0 Å². The van der Waals surface area contributed by atoms with Crippen LogP contribution in [0.1, 0.15) is 0 Å². The van der Waals surface area contributed by atoms with Crippen LogP contribution in [-0.4, -0.2) is 35.2 Å². The molecule has 0 aliphatic heterocycles. The molecule has 0 saturated heterocycles. The number of aromatic nitrogens is 6. The van der Waals surface area contributed by atoms with Gasteiger partial charge in [0.15, 0.2) is 0 Å². The molecule has 6 aromatic rings. The van der Waals surface area contributed by atoms with Crippen LogP contribution in [-0.2, 0) is 0 Å². The van der Waals surface area contributed by atoms with Gasteiger partial charge in [0.25, 0.3) is 0 Å². The first-order chi connectivity index (χ1) is 15.7. The second kappa shape index (κ2) is 6.98. The Morgan fingerprint density at radius 1 is 0.875 bits per heavy atom. The van der Waals surface area contributed by atoms with Gasteiger partial charge in [-0.1, -0.05) is 0 Å². The number of rotatable bonds is 3. The fourth-order valence-corrected chi connectivity index (χ4v) is 3.91. The molecule has 0 radical (unpaired) electrons. The lowest BCUT2D eigenvalue weighted by atomic mass is 10.0. The van der Waals surface area contributed by atoms with Gasteiger partial charge in [0.1, 0.15) is 28.4 Å². The average Bonchev–Trinajstić information content (AvgIpc) is 3.42. The Morgan fingerprint density at radius 2 is 1.75 bits per heavy atom. The molecule has 0 amide bonds. The van der Waals surface area contributed by atoms with Gasteiger partial charge in [-0.3, -0.25) is 10.1 Å². The summed E-state index contributed by atoms with van der Waals surface area (Å²) >= 11 is 0. The summed E-state index contributed by atoms with van der Waals surface area (Å²) in [6, 6.07) is 15.4. The summed E-state index contributed by atoms with van der Waals surface area (Å²) in [5.74, 6) is -0.640. The third-order valence-corrected chi connectivity index (χ3v) is 5.36. The van der Waals surface area contributed by atoms with Crippen molar-refractivity contribution in [3.63, 3.8) is 0 Å². The van der Waals surface area contributed by atoms with Crippen molar-refractivity contribution in [1.82, 2.24) is 30.1 Å². The number of pyridine rings is 3. The van der Waals surface area contributed by atoms with Gasteiger partial charge in [-0.05, 0) is 59.7 Å². The van der Waals surface area contributed by atoms with E-state index in [2.05, 4.69) is 25.1 Å². The van der Waals surface area contributed by atoms with Crippen LogP contribution in [0.3, 0.4) is 0 Å². The molecule has 5 heterocycles. The largest absolute Gasteiger partial charge is 0.508 e. The number of H-pyrrole nitrogens is 2. The van der Waals surface area contributed by atoms with Crippen LogP contribution in [0.5, 0.6) is 5.75 Å². The zero-order valence-corrected chi connectivity index (χ0v) is 16.5. The SMILES string of the molecule is Oc1cc(F)cc(-c2ccnc3[nH]c(-c4n[nH]c5ccc(-c6ccncc6)nc45)cc23)c1. The minimum Gasteiger partial charge on any atom is -0.508 e. The zero-order valence-electron chi connectivity index (χ0n) is 16.5. The summed E-state index contributed by atoms with van der Waals surface area (Å²) in [7, 11) is 0. The van der Waals surface area contributed by atoms with E-state index in [0.29, 0.717) is 16.9 Å². The molecule has 0 unspecified atom stereocenters. The summed E-state index contributed by atoms with van der Waals surface area (Å²) in [5.41, 5.74) is 6.61. The van der Waals surface area contributed by atoms with E-state index in [1.165, 1.54) is 12.1 Å². The van der Waals surface area contributed by atoms with Crippen molar-refractivity contribution < 1.29 is 9.50 Å². The van der Waals surface area contributed by atoms with Crippen LogP contribution < -0.4 is 0 Å². The Morgan fingerprint density at radius 3 is 2.59 bits per heavy atom. The highest BCUT2D eigenvalue weighted by Crippen LogP contribution is 2.34. The molecule has 32 heavy (non-hydrogen) atoms. The van der Waals surface area contributed by atoms with Gasteiger partial charge in [-0.2, -0.15) is 5.10 Å². The number of hydrogen-bond donors (Lipinski definition) is 3. The predicted octanol–water partition coefficient (Wildman–Crippen LogP) is 5.07. The molecule has 1 aromatic carbocycles.